The predicted molar refractivity (Wildman–Crippen MR) is 144 cm³/mol. The van der Waals surface area contributed by atoms with Crippen molar-refractivity contribution in [1.82, 2.24) is 15.4 Å². The number of amides is 2. The van der Waals surface area contributed by atoms with E-state index in [2.05, 4.69) is 10.4 Å². The summed E-state index contributed by atoms with van der Waals surface area (Å²) in [6.07, 6.45) is 1.34. The second kappa shape index (κ2) is 11.0. The molecule has 1 aliphatic rings. The van der Waals surface area contributed by atoms with Gasteiger partial charge >= 0.3 is 0 Å². The van der Waals surface area contributed by atoms with Crippen LogP contribution >= 0.6 is 23.5 Å². The van der Waals surface area contributed by atoms with Crippen LogP contribution in [0.1, 0.15) is 16.5 Å². The van der Waals surface area contributed by atoms with Crippen molar-refractivity contribution in [2.75, 3.05) is 5.75 Å². The third-order valence-electron chi connectivity index (χ3n) is 5.57. The number of nitro benzene ring substituents is 2. The fraction of sp³-hybridized carbons (Fsp3) is 0.0800. The first-order valence-corrected chi connectivity index (χ1v) is 13.1. The monoisotopic (exact) mass is 563 g/mol. The summed E-state index contributed by atoms with van der Waals surface area (Å²) < 4.78 is 5.60. The summed E-state index contributed by atoms with van der Waals surface area (Å²) in [6, 6.07) is 18.9. The van der Waals surface area contributed by atoms with Crippen LogP contribution in [0.25, 0.3) is 17.2 Å². The van der Waals surface area contributed by atoms with Crippen molar-refractivity contribution in [1.29, 1.82) is 0 Å². The maximum atomic E-state index is 13.4. The summed E-state index contributed by atoms with van der Waals surface area (Å²) in [5, 5.41) is 23.4. The third-order valence-corrected chi connectivity index (χ3v) is 7.63. The molecule has 1 fully saturated rings. The van der Waals surface area contributed by atoms with Gasteiger partial charge < -0.3 is 4.42 Å². The molecule has 0 aliphatic carbocycles. The summed E-state index contributed by atoms with van der Waals surface area (Å²) >= 11 is 1.96. The molecule has 5 rings (SSSR count). The Kier molecular flexibility index (Phi) is 7.29. The number of thioether (sulfide) groups is 2. The number of fused-ring (bicyclic) bond motifs is 1. The number of carbonyl (C=O) groups excluding carboxylic acids is 2. The van der Waals surface area contributed by atoms with Crippen molar-refractivity contribution < 1.29 is 23.9 Å². The molecular formula is C25H17N5O7S2. The van der Waals surface area contributed by atoms with Gasteiger partial charge in [-0.2, -0.15) is 0 Å². The number of hydrazine groups is 1. The highest BCUT2D eigenvalue weighted by atomic mass is 32.2. The molecule has 196 valence electrons. The normalized spacial score (nSPS) is 16.1. The van der Waals surface area contributed by atoms with Gasteiger partial charge in [-0.3, -0.25) is 35.2 Å². The Morgan fingerprint density at radius 2 is 1.69 bits per heavy atom. The van der Waals surface area contributed by atoms with Gasteiger partial charge in [0.05, 0.1) is 31.6 Å². The van der Waals surface area contributed by atoms with Gasteiger partial charge in [-0.25, -0.2) is 9.99 Å². The van der Waals surface area contributed by atoms with E-state index < -0.39 is 27.0 Å². The second-order valence-corrected chi connectivity index (χ2v) is 10.1. The molecule has 1 aliphatic heterocycles. The molecule has 1 N–H and O–H groups in total. The standard InChI is InChI=1S/C25H17N5O7S2/c31-22(14-38-25-26-17-9-3-6-12-20(17)37-25)27-28-23(32)21(13-15-7-1-4-10-18(15)29(33)34)39-24(28)16-8-2-5-11-19(16)30(35)36/h1-13,24H,14H2,(H,27,31)/b21-13-. The molecule has 4 aromatic rings. The number of hydrogen-bond donors (Lipinski definition) is 1. The van der Waals surface area contributed by atoms with E-state index in [0.29, 0.717) is 11.1 Å². The molecule has 2 amide bonds. The molecule has 0 bridgehead atoms. The van der Waals surface area contributed by atoms with Crippen LogP contribution in [0.3, 0.4) is 0 Å². The number of hydrogen-bond acceptors (Lipinski definition) is 10. The van der Waals surface area contributed by atoms with Crippen LogP contribution in [0.4, 0.5) is 11.4 Å². The predicted octanol–water partition coefficient (Wildman–Crippen LogP) is 5.08. The van der Waals surface area contributed by atoms with Crippen LogP contribution in [0, 0.1) is 20.2 Å². The molecule has 3 aromatic carbocycles. The van der Waals surface area contributed by atoms with E-state index in [-0.39, 0.29) is 38.4 Å². The number of carbonyl (C=O) groups is 2. The summed E-state index contributed by atoms with van der Waals surface area (Å²) in [6.45, 7) is 0. The quantitative estimate of drug-likeness (QED) is 0.132. The minimum Gasteiger partial charge on any atom is -0.431 e. The van der Waals surface area contributed by atoms with E-state index in [1.54, 1.807) is 36.4 Å². The van der Waals surface area contributed by atoms with Crippen molar-refractivity contribution in [2.24, 2.45) is 0 Å². The van der Waals surface area contributed by atoms with Gasteiger partial charge in [0.1, 0.15) is 10.9 Å². The fourth-order valence-electron chi connectivity index (χ4n) is 3.84. The lowest BCUT2D eigenvalue weighted by Crippen LogP contribution is -2.45. The third kappa shape index (κ3) is 5.46. The van der Waals surface area contributed by atoms with Gasteiger partial charge in [-0.1, -0.05) is 59.9 Å². The lowest BCUT2D eigenvalue weighted by atomic mass is 10.1. The van der Waals surface area contributed by atoms with Gasteiger partial charge in [0.2, 0.25) is 5.91 Å². The zero-order chi connectivity index (χ0) is 27.5. The number of para-hydroxylation sites is 4. The Bertz CT molecular complexity index is 1620. The second-order valence-electron chi connectivity index (χ2n) is 8.06. The first-order valence-electron chi connectivity index (χ1n) is 11.3. The molecule has 14 heteroatoms. The fourth-order valence-corrected chi connectivity index (χ4v) is 5.69. The van der Waals surface area contributed by atoms with Crippen molar-refractivity contribution in [3.05, 3.63) is 109 Å². The maximum absolute atomic E-state index is 13.4. The summed E-state index contributed by atoms with van der Waals surface area (Å²) in [5.41, 5.74) is 3.64. The molecule has 12 nitrogen and oxygen atoms in total. The molecular weight excluding hydrogens is 546 g/mol. The van der Waals surface area contributed by atoms with Crippen LogP contribution in [0.2, 0.25) is 0 Å². The zero-order valence-electron chi connectivity index (χ0n) is 19.8. The molecule has 1 atom stereocenters. The Morgan fingerprint density at radius 3 is 2.44 bits per heavy atom. The number of benzene rings is 3. The highest BCUT2D eigenvalue weighted by molar-refractivity contribution is 8.04. The van der Waals surface area contributed by atoms with Crippen LogP contribution in [-0.2, 0) is 9.59 Å². The molecule has 2 heterocycles. The first kappa shape index (κ1) is 25.9. The topological polar surface area (TPSA) is 162 Å². The molecule has 0 saturated carbocycles. The smallest absolute Gasteiger partial charge is 0.280 e. The van der Waals surface area contributed by atoms with Gasteiger partial charge in [-0.15, -0.1) is 0 Å². The SMILES string of the molecule is O=C(CSc1nc2ccccc2o1)NN1C(=O)/C(=C/c2ccccc2[N+](=O)[O-])SC1c1ccccc1[N+](=O)[O-]. The van der Waals surface area contributed by atoms with Crippen LogP contribution < -0.4 is 5.43 Å². The Balaban J connectivity index is 1.43. The molecule has 1 unspecified atom stereocenters. The number of nitro groups is 2. The van der Waals surface area contributed by atoms with Gasteiger partial charge in [0.25, 0.3) is 22.5 Å². The minimum absolute atomic E-state index is 0.0688. The van der Waals surface area contributed by atoms with E-state index in [4.69, 9.17) is 4.42 Å². The summed E-state index contributed by atoms with van der Waals surface area (Å²) in [7, 11) is 0. The number of nitrogens with zero attached hydrogens (tertiary/aromatic N) is 4. The number of nitrogens with one attached hydrogen (secondary N) is 1. The van der Waals surface area contributed by atoms with E-state index in [0.717, 1.165) is 28.5 Å². The van der Waals surface area contributed by atoms with Crippen LogP contribution in [0.5, 0.6) is 0 Å². The van der Waals surface area contributed by atoms with E-state index in [1.807, 2.05) is 0 Å². The molecule has 0 spiro atoms. The number of aromatic nitrogens is 1. The molecule has 39 heavy (non-hydrogen) atoms. The maximum Gasteiger partial charge on any atom is 0.280 e. The largest absolute Gasteiger partial charge is 0.431 e. The van der Waals surface area contributed by atoms with Gasteiger partial charge in [-0.05, 0) is 30.3 Å². The van der Waals surface area contributed by atoms with Crippen molar-refractivity contribution in [3.63, 3.8) is 0 Å². The Morgan fingerprint density at radius 1 is 1.03 bits per heavy atom. The number of oxazole rings is 1. The molecule has 0 radical (unpaired) electrons. The Labute approximate surface area is 228 Å². The lowest BCUT2D eigenvalue weighted by Gasteiger charge is -2.23. The summed E-state index contributed by atoms with van der Waals surface area (Å²) in [4.78, 5) is 52.7. The van der Waals surface area contributed by atoms with E-state index in [9.17, 15) is 29.8 Å². The molecule has 1 aromatic heterocycles. The van der Waals surface area contributed by atoms with Gasteiger partial charge in [0, 0.05) is 12.1 Å². The average molecular weight is 564 g/mol. The minimum atomic E-state index is -0.994. The lowest BCUT2D eigenvalue weighted by molar-refractivity contribution is -0.385. The number of rotatable bonds is 8. The van der Waals surface area contributed by atoms with E-state index >= 15 is 0 Å². The molecule has 1 saturated heterocycles. The average Bonchev–Trinajstić information content (AvgIpc) is 3.48. The van der Waals surface area contributed by atoms with Crippen molar-refractivity contribution in [3.8, 4) is 0 Å². The Hall–Kier alpha value is -4.69. The van der Waals surface area contributed by atoms with Crippen molar-refractivity contribution >= 4 is 63.9 Å². The van der Waals surface area contributed by atoms with Crippen molar-refractivity contribution in [2.45, 2.75) is 10.6 Å². The van der Waals surface area contributed by atoms with Crippen LogP contribution in [0.15, 0.2) is 87.3 Å². The van der Waals surface area contributed by atoms with E-state index in [1.165, 1.54) is 42.5 Å². The highest BCUT2D eigenvalue weighted by Crippen LogP contribution is 2.48. The van der Waals surface area contributed by atoms with Gasteiger partial charge in [0.15, 0.2) is 5.58 Å². The van der Waals surface area contributed by atoms with Crippen LogP contribution in [-0.4, -0.2) is 37.4 Å². The zero-order valence-corrected chi connectivity index (χ0v) is 21.4. The summed E-state index contributed by atoms with van der Waals surface area (Å²) in [5.74, 6) is -1.40. The highest BCUT2D eigenvalue weighted by Gasteiger charge is 2.41. The first-order chi connectivity index (χ1) is 18.8.